The van der Waals surface area contributed by atoms with Crippen LogP contribution in [-0.4, -0.2) is 17.9 Å². The van der Waals surface area contributed by atoms with Crippen LogP contribution >= 0.6 is 0 Å². The van der Waals surface area contributed by atoms with Gasteiger partial charge in [0.15, 0.2) is 0 Å². The van der Waals surface area contributed by atoms with Crippen LogP contribution < -0.4 is 16.0 Å². The van der Waals surface area contributed by atoms with Crippen LogP contribution in [0.4, 0.5) is 0 Å². The second kappa shape index (κ2) is 8.48. The number of hydrogen-bond acceptors (Lipinski definition) is 3. The van der Waals surface area contributed by atoms with E-state index >= 15 is 0 Å². The molecule has 1 fully saturated rings. The van der Waals surface area contributed by atoms with Crippen molar-refractivity contribution in [2.24, 2.45) is 5.92 Å². The van der Waals surface area contributed by atoms with Gasteiger partial charge in [-0.05, 0) is 36.5 Å². The molecule has 0 spiro atoms. The Morgan fingerprint density at radius 2 is 1.92 bits per heavy atom. The Hall–Kier alpha value is -1.88. The lowest BCUT2D eigenvalue weighted by Gasteiger charge is -2.23. The highest BCUT2D eigenvalue weighted by molar-refractivity contribution is 5.81. The van der Waals surface area contributed by atoms with E-state index in [0.29, 0.717) is 13.0 Å². The summed E-state index contributed by atoms with van der Waals surface area (Å²) in [5, 5.41) is 9.29. The summed E-state index contributed by atoms with van der Waals surface area (Å²) in [5.41, 5.74) is 3.78. The van der Waals surface area contributed by atoms with Gasteiger partial charge in [0.25, 0.3) is 0 Å². The fraction of sp³-hybridized carbons (Fsp3) is 0.600. The second-order valence-corrected chi connectivity index (χ2v) is 7.43. The molecule has 5 nitrogen and oxygen atoms in total. The molecule has 5 heteroatoms. The Balaban J connectivity index is 1.40. The Labute approximate surface area is 150 Å². The Kier molecular flexibility index (Phi) is 6.08. The molecule has 1 aliphatic heterocycles. The standard InChI is InChI=1S/C20H29N3O2/c1-14(23-20(25)16-5-3-2-4-6-16)9-19(24)22-11-15-7-8-17-12-21-13-18(17)10-15/h7-8,10,14,16,21H,2-6,9,11-13H2,1H3,(H,22,24)(H,23,25). The lowest BCUT2D eigenvalue weighted by molar-refractivity contribution is -0.127. The Morgan fingerprint density at radius 3 is 2.72 bits per heavy atom. The first-order chi connectivity index (χ1) is 12.1. The van der Waals surface area contributed by atoms with Crippen molar-refractivity contribution < 1.29 is 9.59 Å². The maximum absolute atomic E-state index is 12.2. The molecule has 0 bridgehead atoms. The number of rotatable bonds is 6. The number of benzene rings is 1. The van der Waals surface area contributed by atoms with Crippen molar-refractivity contribution in [3.8, 4) is 0 Å². The van der Waals surface area contributed by atoms with Crippen LogP contribution in [0.5, 0.6) is 0 Å². The van der Waals surface area contributed by atoms with Crippen LogP contribution in [0.1, 0.15) is 62.1 Å². The second-order valence-electron chi connectivity index (χ2n) is 7.43. The smallest absolute Gasteiger partial charge is 0.223 e. The van der Waals surface area contributed by atoms with Gasteiger partial charge in [-0.3, -0.25) is 9.59 Å². The van der Waals surface area contributed by atoms with Gasteiger partial charge in [-0.1, -0.05) is 37.5 Å². The molecular formula is C20H29N3O2. The lowest BCUT2D eigenvalue weighted by Crippen LogP contribution is -2.40. The zero-order chi connectivity index (χ0) is 17.6. The average molecular weight is 343 g/mol. The summed E-state index contributed by atoms with van der Waals surface area (Å²) in [6, 6.07) is 6.23. The first-order valence-corrected chi connectivity index (χ1v) is 9.50. The topological polar surface area (TPSA) is 70.2 Å². The summed E-state index contributed by atoms with van der Waals surface area (Å²) in [5.74, 6) is 0.237. The van der Waals surface area contributed by atoms with Gasteiger partial charge in [0, 0.05) is 38.0 Å². The number of amides is 2. The molecule has 3 N–H and O–H groups in total. The van der Waals surface area contributed by atoms with E-state index in [1.807, 2.05) is 6.92 Å². The van der Waals surface area contributed by atoms with Gasteiger partial charge in [0.1, 0.15) is 0 Å². The minimum Gasteiger partial charge on any atom is -0.353 e. The highest BCUT2D eigenvalue weighted by atomic mass is 16.2. The van der Waals surface area contributed by atoms with Crippen molar-refractivity contribution in [2.45, 2.75) is 71.1 Å². The predicted molar refractivity (Wildman–Crippen MR) is 97.6 cm³/mol. The van der Waals surface area contributed by atoms with Crippen molar-refractivity contribution in [3.63, 3.8) is 0 Å². The van der Waals surface area contributed by atoms with Crippen molar-refractivity contribution >= 4 is 11.8 Å². The molecule has 1 saturated carbocycles. The number of nitrogens with one attached hydrogen (secondary N) is 3. The van der Waals surface area contributed by atoms with Crippen molar-refractivity contribution in [1.29, 1.82) is 0 Å². The molecule has 1 unspecified atom stereocenters. The van der Waals surface area contributed by atoms with Crippen LogP contribution in [0.25, 0.3) is 0 Å². The summed E-state index contributed by atoms with van der Waals surface area (Å²) >= 11 is 0. The fourth-order valence-electron chi connectivity index (χ4n) is 3.79. The van der Waals surface area contributed by atoms with E-state index in [4.69, 9.17) is 0 Å². The summed E-state index contributed by atoms with van der Waals surface area (Å²) in [4.78, 5) is 24.4. The van der Waals surface area contributed by atoms with Gasteiger partial charge >= 0.3 is 0 Å². The SMILES string of the molecule is CC(CC(=O)NCc1ccc2c(c1)CNC2)NC(=O)C1CCCCC1. The third-order valence-electron chi connectivity index (χ3n) is 5.25. The lowest BCUT2D eigenvalue weighted by atomic mass is 9.88. The number of fused-ring (bicyclic) bond motifs is 1. The summed E-state index contributed by atoms with van der Waals surface area (Å²) in [6.45, 7) is 4.28. The maximum atomic E-state index is 12.2. The summed E-state index contributed by atoms with van der Waals surface area (Å²) < 4.78 is 0. The normalized spacial score (nSPS) is 18.4. The van der Waals surface area contributed by atoms with E-state index in [2.05, 4.69) is 34.1 Å². The molecule has 1 aliphatic carbocycles. The highest BCUT2D eigenvalue weighted by Crippen LogP contribution is 2.23. The average Bonchev–Trinajstić information content (AvgIpc) is 3.08. The van der Waals surface area contributed by atoms with Gasteiger partial charge in [0.2, 0.25) is 11.8 Å². The molecule has 1 atom stereocenters. The van der Waals surface area contributed by atoms with Gasteiger partial charge < -0.3 is 16.0 Å². The third-order valence-corrected chi connectivity index (χ3v) is 5.25. The first kappa shape index (κ1) is 17.9. The quantitative estimate of drug-likeness (QED) is 0.743. The first-order valence-electron chi connectivity index (χ1n) is 9.50. The molecule has 1 aromatic carbocycles. The third kappa shape index (κ3) is 5.05. The van der Waals surface area contributed by atoms with Crippen molar-refractivity contribution in [3.05, 3.63) is 34.9 Å². The van der Waals surface area contributed by atoms with Gasteiger partial charge in [-0.2, -0.15) is 0 Å². The van der Waals surface area contributed by atoms with Gasteiger partial charge in [-0.15, -0.1) is 0 Å². The molecule has 2 aliphatic rings. The van der Waals surface area contributed by atoms with Gasteiger partial charge in [-0.25, -0.2) is 0 Å². The monoisotopic (exact) mass is 343 g/mol. The van der Waals surface area contributed by atoms with E-state index in [1.54, 1.807) is 0 Å². The zero-order valence-corrected chi connectivity index (χ0v) is 15.1. The van der Waals surface area contributed by atoms with E-state index < -0.39 is 0 Å². The van der Waals surface area contributed by atoms with Gasteiger partial charge in [0.05, 0.1) is 0 Å². The Bertz CT molecular complexity index is 623. The highest BCUT2D eigenvalue weighted by Gasteiger charge is 2.22. The minimum absolute atomic E-state index is 0.0185. The van der Waals surface area contributed by atoms with Crippen molar-refractivity contribution in [2.75, 3.05) is 0 Å². The number of carbonyl (C=O) groups excluding carboxylic acids is 2. The van der Waals surface area contributed by atoms with E-state index in [0.717, 1.165) is 44.3 Å². The molecule has 25 heavy (non-hydrogen) atoms. The Morgan fingerprint density at radius 1 is 1.16 bits per heavy atom. The van der Waals surface area contributed by atoms with E-state index in [1.165, 1.54) is 17.5 Å². The molecular weight excluding hydrogens is 314 g/mol. The molecule has 3 rings (SSSR count). The van der Waals surface area contributed by atoms with E-state index in [9.17, 15) is 9.59 Å². The molecule has 1 aromatic rings. The van der Waals surface area contributed by atoms with Crippen LogP contribution in [0, 0.1) is 5.92 Å². The summed E-state index contributed by atoms with van der Waals surface area (Å²) in [7, 11) is 0. The maximum Gasteiger partial charge on any atom is 0.223 e. The van der Waals surface area contributed by atoms with E-state index in [-0.39, 0.29) is 23.8 Å². The fourth-order valence-corrected chi connectivity index (χ4v) is 3.79. The minimum atomic E-state index is -0.126. The predicted octanol–water partition coefficient (Wildman–Crippen LogP) is 2.38. The summed E-state index contributed by atoms with van der Waals surface area (Å²) in [6.07, 6.45) is 5.81. The van der Waals surface area contributed by atoms with Crippen LogP contribution in [0.15, 0.2) is 18.2 Å². The number of carbonyl (C=O) groups is 2. The van der Waals surface area contributed by atoms with Crippen LogP contribution in [0.2, 0.25) is 0 Å². The molecule has 2 amide bonds. The zero-order valence-electron chi connectivity index (χ0n) is 15.1. The van der Waals surface area contributed by atoms with Crippen LogP contribution in [-0.2, 0) is 29.2 Å². The molecule has 0 radical (unpaired) electrons. The molecule has 1 heterocycles. The molecule has 0 aromatic heterocycles. The van der Waals surface area contributed by atoms with Crippen molar-refractivity contribution in [1.82, 2.24) is 16.0 Å². The largest absolute Gasteiger partial charge is 0.353 e. The number of hydrogen-bond donors (Lipinski definition) is 3. The molecule has 136 valence electrons. The van der Waals surface area contributed by atoms with Crippen LogP contribution in [0.3, 0.4) is 0 Å². The molecule has 0 saturated heterocycles.